The third-order valence-electron chi connectivity index (χ3n) is 2.81. The summed E-state index contributed by atoms with van der Waals surface area (Å²) < 4.78 is 10.3. The maximum absolute atomic E-state index is 5.13. The second-order valence-corrected chi connectivity index (χ2v) is 3.45. The first-order valence-corrected chi connectivity index (χ1v) is 4.03. The van der Waals surface area contributed by atoms with E-state index in [9.17, 15) is 0 Å². The Hall–Kier alpha value is -0.0800. The first-order chi connectivity index (χ1) is 4.88. The molecule has 10 heavy (non-hydrogen) atoms. The Kier molecular flexibility index (Phi) is 1.66. The molecule has 0 aliphatic carbocycles. The minimum Gasteiger partial charge on any atom is -0.381 e. The van der Waals surface area contributed by atoms with Crippen molar-refractivity contribution in [3.05, 3.63) is 0 Å². The van der Waals surface area contributed by atoms with Gasteiger partial charge in [-0.15, -0.1) is 0 Å². The van der Waals surface area contributed by atoms with Gasteiger partial charge >= 0.3 is 0 Å². The lowest BCUT2D eigenvalue weighted by molar-refractivity contribution is -0.122. The van der Waals surface area contributed by atoms with E-state index in [1.807, 2.05) is 0 Å². The van der Waals surface area contributed by atoms with Crippen LogP contribution in [0.15, 0.2) is 0 Å². The molecule has 2 heteroatoms. The molecule has 0 aromatic heterocycles. The number of ether oxygens (including phenoxy) is 2. The second-order valence-electron chi connectivity index (χ2n) is 3.45. The Bertz CT molecular complexity index is 102. The molecule has 0 spiro atoms. The van der Waals surface area contributed by atoms with E-state index in [0.29, 0.717) is 0 Å². The highest BCUT2D eigenvalue weighted by molar-refractivity contribution is 4.80. The summed E-state index contributed by atoms with van der Waals surface area (Å²) in [5.41, 5.74) is 0. The molecule has 2 saturated heterocycles. The van der Waals surface area contributed by atoms with E-state index in [1.165, 1.54) is 0 Å². The molecule has 2 fully saturated rings. The molecule has 0 unspecified atom stereocenters. The highest BCUT2D eigenvalue weighted by Crippen LogP contribution is 2.30. The fourth-order valence-corrected chi connectivity index (χ4v) is 1.50. The van der Waals surface area contributed by atoms with Gasteiger partial charge in [0.05, 0.1) is 26.4 Å². The first kappa shape index (κ1) is 6.62. The molecule has 0 atom stereocenters. The van der Waals surface area contributed by atoms with Crippen LogP contribution in [0.2, 0.25) is 0 Å². The maximum atomic E-state index is 5.13. The van der Waals surface area contributed by atoms with Crippen LogP contribution in [0.3, 0.4) is 0 Å². The Morgan fingerprint density at radius 3 is 1.60 bits per heavy atom. The lowest BCUT2D eigenvalue weighted by Crippen LogP contribution is -2.43. The average molecular weight is 142 g/mol. The summed E-state index contributed by atoms with van der Waals surface area (Å²) in [6, 6.07) is 0. The molecular weight excluding hydrogens is 128 g/mol. The van der Waals surface area contributed by atoms with Crippen molar-refractivity contribution in [3.63, 3.8) is 0 Å². The summed E-state index contributed by atoms with van der Waals surface area (Å²) in [4.78, 5) is 0. The molecule has 2 heterocycles. The highest BCUT2D eigenvalue weighted by atomic mass is 16.5. The van der Waals surface area contributed by atoms with Crippen LogP contribution in [0.25, 0.3) is 0 Å². The third kappa shape index (κ3) is 0.956. The fourth-order valence-electron chi connectivity index (χ4n) is 1.50. The molecule has 0 bridgehead atoms. The van der Waals surface area contributed by atoms with Crippen LogP contribution in [0, 0.1) is 17.8 Å². The van der Waals surface area contributed by atoms with Crippen molar-refractivity contribution in [2.75, 3.05) is 26.4 Å². The minimum atomic E-state index is 0.822. The molecule has 2 aliphatic rings. The SMILES string of the molecule is CC(C1COC1)C1COC1. The predicted molar refractivity (Wildman–Crippen MR) is 37.8 cm³/mol. The molecule has 0 radical (unpaired) electrons. The van der Waals surface area contributed by atoms with Crippen molar-refractivity contribution >= 4 is 0 Å². The van der Waals surface area contributed by atoms with Crippen LogP contribution >= 0.6 is 0 Å². The van der Waals surface area contributed by atoms with Gasteiger partial charge < -0.3 is 9.47 Å². The maximum Gasteiger partial charge on any atom is 0.0519 e. The molecule has 2 nitrogen and oxygen atoms in total. The topological polar surface area (TPSA) is 18.5 Å². The van der Waals surface area contributed by atoms with Crippen LogP contribution in [0.4, 0.5) is 0 Å². The lowest BCUT2D eigenvalue weighted by Gasteiger charge is -2.40. The third-order valence-corrected chi connectivity index (χ3v) is 2.81. The van der Waals surface area contributed by atoms with E-state index in [-0.39, 0.29) is 0 Å². The van der Waals surface area contributed by atoms with Crippen LogP contribution in [0.1, 0.15) is 6.92 Å². The van der Waals surface area contributed by atoms with Gasteiger partial charge in [0, 0.05) is 11.8 Å². The molecule has 2 rings (SSSR count). The standard InChI is InChI=1S/C8H14O2/c1-6(7-2-9-3-7)8-4-10-5-8/h6-8H,2-5H2,1H3. The first-order valence-electron chi connectivity index (χ1n) is 4.03. The zero-order chi connectivity index (χ0) is 6.97. The van der Waals surface area contributed by atoms with Gasteiger partial charge in [0.15, 0.2) is 0 Å². The van der Waals surface area contributed by atoms with E-state index < -0.39 is 0 Å². The normalized spacial score (nSPS) is 28.2. The summed E-state index contributed by atoms with van der Waals surface area (Å²) in [5, 5.41) is 0. The Morgan fingerprint density at radius 1 is 1.00 bits per heavy atom. The Balaban J connectivity index is 1.79. The van der Waals surface area contributed by atoms with Crippen LogP contribution in [-0.4, -0.2) is 26.4 Å². The van der Waals surface area contributed by atoms with Crippen LogP contribution in [0.5, 0.6) is 0 Å². The van der Waals surface area contributed by atoms with Crippen molar-refractivity contribution in [2.24, 2.45) is 17.8 Å². The molecular formula is C8H14O2. The highest BCUT2D eigenvalue weighted by Gasteiger charge is 2.34. The zero-order valence-corrected chi connectivity index (χ0v) is 6.38. The fraction of sp³-hybridized carbons (Fsp3) is 1.00. The molecule has 2 aliphatic heterocycles. The number of rotatable bonds is 2. The van der Waals surface area contributed by atoms with Gasteiger partial charge in [-0.25, -0.2) is 0 Å². The molecule has 0 N–H and O–H groups in total. The van der Waals surface area contributed by atoms with E-state index in [0.717, 1.165) is 44.2 Å². The van der Waals surface area contributed by atoms with Gasteiger partial charge in [-0.2, -0.15) is 0 Å². The van der Waals surface area contributed by atoms with E-state index in [1.54, 1.807) is 0 Å². The molecule has 0 aromatic rings. The second kappa shape index (κ2) is 2.51. The monoisotopic (exact) mass is 142 g/mol. The van der Waals surface area contributed by atoms with Gasteiger partial charge in [0.2, 0.25) is 0 Å². The number of hydrogen-bond donors (Lipinski definition) is 0. The Labute approximate surface area is 61.5 Å². The minimum absolute atomic E-state index is 0.822. The van der Waals surface area contributed by atoms with E-state index in [2.05, 4.69) is 6.92 Å². The molecule has 0 amide bonds. The van der Waals surface area contributed by atoms with Crippen LogP contribution < -0.4 is 0 Å². The number of hydrogen-bond acceptors (Lipinski definition) is 2. The summed E-state index contributed by atoms with van der Waals surface area (Å²) in [7, 11) is 0. The molecule has 0 aromatic carbocycles. The predicted octanol–water partition coefficient (Wildman–Crippen LogP) is 0.915. The van der Waals surface area contributed by atoms with Gasteiger partial charge in [-0.3, -0.25) is 0 Å². The van der Waals surface area contributed by atoms with Gasteiger partial charge in [-0.1, -0.05) is 6.92 Å². The molecule has 0 saturated carbocycles. The summed E-state index contributed by atoms with van der Waals surface area (Å²) in [6.07, 6.45) is 0. The largest absolute Gasteiger partial charge is 0.381 e. The summed E-state index contributed by atoms with van der Waals surface area (Å²) >= 11 is 0. The van der Waals surface area contributed by atoms with E-state index in [4.69, 9.17) is 9.47 Å². The summed E-state index contributed by atoms with van der Waals surface area (Å²) in [5.74, 6) is 2.48. The van der Waals surface area contributed by atoms with Crippen molar-refractivity contribution in [1.29, 1.82) is 0 Å². The van der Waals surface area contributed by atoms with Gasteiger partial charge in [0.1, 0.15) is 0 Å². The van der Waals surface area contributed by atoms with Gasteiger partial charge in [0.25, 0.3) is 0 Å². The van der Waals surface area contributed by atoms with Crippen LogP contribution in [-0.2, 0) is 9.47 Å². The zero-order valence-electron chi connectivity index (χ0n) is 6.38. The quantitative estimate of drug-likeness (QED) is 0.570. The van der Waals surface area contributed by atoms with Gasteiger partial charge in [-0.05, 0) is 5.92 Å². The summed E-state index contributed by atoms with van der Waals surface area (Å²) in [6.45, 7) is 6.25. The van der Waals surface area contributed by atoms with Crippen molar-refractivity contribution in [3.8, 4) is 0 Å². The molecule has 58 valence electrons. The van der Waals surface area contributed by atoms with Crippen molar-refractivity contribution in [2.45, 2.75) is 6.92 Å². The van der Waals surface area contributed by atoms with E-state index >= 15 is 0 Å². The van der Waals surface area contributed by atoms with Crippen molar-refractivity contribution < 1.29 is 9.47 Å². The average Bonchev–Trinajstić information content (AvgIpc) is 1.52. The lowest BCUT2D eigenvalue weighted by atomic mass is 9.81. The Morgan fingerprint density at radius 2 is 1.40 bits per heavy atom. The smallest absolute Gasteiger partial charge is 0.0519 e. The van der Waals surface area contributed by atoms with Crippen molar-refractivity contribution in [1.82, 2.24) is 0 Å².